The fraction of sp³-hybridized carbons (Fsp3) is 0.125. The lowest BCUT2D eigenvalue weighted by molar-refractivity contribution is 0.0955. The summed E-state index contributed by atoms with van der Waals surface area (Å²) < 4.78 is 6.00. The number of methoxy groups -OCH3 is 1. The van der Waals surface area contributed by atoms with Crippen LogP contribution in [0.2, 0.25) is 0 Å². The Labute approximate surface area is 136 Å². The van der Waals surface area contributed by atoms with Crippen molar-refractivity contribution in [3.63, 3.8) is 0 Å². The Hall–Kier alpha value is -2.34. The maximum absolute atomic E-state index is 12.0. The van der Waals surface area contributed by atoms with Crippen LogP contribution in [0.3, 0.4) is 0 Å². The summed E-state index contributed by atoms with van der Waals surface area (Å²) in [5.41, 5.74) is 3.93. The third kappa shape index (κ3) is 3.85. The number of phenols is 1. The van der Waals surface area contributed by atoms with Crippen molar-refractivity contribution in [1.82, 2.24) is 5.43 Å². The molecule has 6 heteroatoms. The fourth-order valence-corrected chi connectivity index (χ4v) is 2.06. The van der Waals surface area contributed by atoms with Crippen LogP contribution in [0.1, 0.15) is 22.8 Å². The standard InChI is InChI=1S/C16H15BrN2O3/c1-10(14-9-13(22-2)7-8-15(14)20)18-19-16(21)11-3-5-12(17)6-4-11/h3-9,20H,1-2H3,(H,19,21)/b18-10+. The topological polar surface area (TPSA) is 70.9 Å². The monoisotopic (exact) mass is 362 g/mol. The van der Waals surface area contributed by atoms with E-state index in [0.717, 1.165) is 4.47 Å². The molecule has 0 heterocycles. The van der Waals surface area contributed by atoms with Gasteiger partial charge in [0.05, 0.1) is 12.8 Å². The number of hydrazone groups is 1. The van der Waals surface area contributed by atoms with Crippen LogP contribution in [0.25, 0.3) is 0 Å². The normalized spacial score (nSPS) is 11.1. The Balaban J connectivity index is 2.15. The van der Waals surface area contributed by atoms with Crippen molar-refractivity contribution >= 4 is 27.5 Å². The van der Waals surface area contributed by atoms with E-state index in [1.807, 2.05) is 0 Å². The van der Waals surface area contributed by atoms with Crippen LogP contribution in [0.15, 0.2) is 52.0 Å². The highest BCUT2D eigenvalue weighted by molar-refractivity contribution is 9.10. The number of carbonyl (C=O) groups excluding carboxylic acids is 1. The van der Waals surface area contributed by atoms with E-state index < -0.39 is 0 Å². The van der Waals surface area contributed by atoms with Crippen LogP contribution in [-0.4, -0.2) is 23.8 Å². The number of nitrogens with one attached hydrogen (secondary N) is 1. The van der Waals surface area contributed by atoms with Crippen LogP contribution in [0, 0.1) is 0 Å². The molecule has 0 atom stereocenters. The van der Waals surface area contributed by atoms with Crippen molar-refractivity contribution < 1.29 is 14.6 Å². The Morgan fingerprint density at radius 3 is 2.55 bits per heavy atom. The summed E-state index contributed by atoms with van der Waals surface area (Å²) in [5, 5.41) is 13.9. The molecule has 5 nitrogen and oxygen atoms in total. The number of benzene rings is 2. The lowest BCUT2D eigenvalue weighted by Crippen LogP contribution is -2.19. The first-order chi connectivity index (χ1) is 10.5. The molecule has 22 heavy (non-hydrogen) atoms. The predicted molar refractivity (Wildman–Crippen MR) is 88.5 cm³/mol. The molecule has 0 aromatic heterocycles. The Morgan fingerprint density at radius 1 is 1.23 bits per heavy atom. The maximum atomic E-state index is 12.0. The summed E-state index contributed by atoms with van der Waals surface area (Å²) in [5.74, 6) is 0.343. The summed E-state index contributed by atoms with van der Waals surface area (Å²) >= 11 is 3.31. The fourth-order valence-electron chi connectivity index (χ4n) is 1.79. The molecule has 0 saturated carbocycles. The van der Waals surface area contributed by atoms with E-state index in [4.69, 9.17) is 4.74 Å². The lowest BCUT2D eigenvalue weighted by atomic mass is 10.1. The van der Waals surface area contributed by atoms with E-state index in [-0.39, 0.29) is 11.7 Å². The number of halogens is 1. The first kappa shape index (κ1) is 16.0. The van der Waals surface area contributed by atoms with Gasteiger partial charge in [0.2, 0.25) is 0 Å². The van der Waals surface area contributed by atoms with Crippen molar-refractivity contribution in [2.45, 2.75) is 6.92 Å². The zero-order chi connectivity index (χ0) is 16.1. The summed E-state index contributed by atoms with van der Waals surface area (Å²) in [6, 6.07) is 11.7. The Morgan fingerprint density at radius 2 is 1.91 bits per heavy atom. The van der Waals surface area contributed by atoms with Crippen molar-refractivity contribution in [3.8, 4) is 11.5 Å². The molecule has 0 fully saturated rings. The zero-order valence-corrected chi connectivity index (χ0v) is 13.7. The molecular formula is C16H15BrN2O3. The number of hydrogen-bond donors (Lipinski definition) is 2. The van der Waals surface area contributed by atoms with Gasteiger partial charge in [-0.1, -0.05) is 15.9 Å². The van der Waals surface area contributed by atoms with Crippen LogP contribution >= 0.6 is 15.9 Å². The average Bonchev–Trinajstić information content (AvgIpc) is 2.53. The second-order valence-electron chi connectivity index (χ2n) is 4.53. The molecule has 0 spiro atoms. The van der Waals surface area contributed by atoms with E-state index in [0.29, 0.717) is 22.6 Å². The SMILES string of the molecule is COc1ccc(O)c(/C(C)=N/NC(=O)c2ccc(Br)cc2)c1. The van der Waals surface area contributed by atoms with Gasteiger partial charge in [0, 0.05) is 15.6 Å². The molecule has 0 unspecified atom stereocenters. The summed E-state index contributed by atoms with van der Waals surface area (Å²) in [6.07, 6.45) is 0. The molecule has 1 amide bonds. The van der Waals surface area contributed by atoms with Gasteiger partial charge in [0.25, 0.3) is 5.91 Å². The highest BCUT2D eigenvalue weighted by Gasteiger charge is 2.08. The number of rotatable bonds is 4. The number of hydrogen-bond acceptors (Lipinski definition) is 4. The molecule has 0 aliphatic rings. The van der Waals surface area contributed by atoms with Crippen molar-refractivity contribution in [3.05, 3.63) is 58.1 Å². The van der Waals surface area contributed by atoms with Gasteiger partial charge < -0.3 is 9.84 Å². The van der Waals surface area contributed by atoms with Crippen molar-refractivity contribution in [2.75, 3.05) is 7.11 Å². The molecule has 114 valence electrons. The van der Waals surface area contributed by atoms with Crippen LogP contribution < -0.4 is 10.2 Å². The van der Waals surface area contributed by atoms with Gasteiger partial charge in [-0.15, -0.1) is 0 Å². The van der Waals surface area contributed by atoms with Gasteiger partial charge in [-0.2, -0.15) is 5.10 Å². The molecule has 2 N–H and O–H groups in total. The molecule has 2 aromatic carbocycles. The van der Waals surface area contributed by atoms with E-state index in [2.05, 4.69) is 26.5 Å². The second-order valence-corrected chi connectivity index (χ2v) is 5.44. The highest BCUT2D eigenvalue weighted by atomic mass is 79.9. The molecular weight excluding hydrogens is 348 g/mol. The minimum Gasteiger partial charge on any atom is -0.507 e. The predicted octanol–water partition coefficient (Wildman–Crippen LogP) is 3.32. The number of nitrogens with zero attached hydrogens (tertiary/aromatic N) is 1. The van der Waals surface area contributed by atoms with E-state index in [9.17, 15) is 9.90 Å². The smallest absolute Gasteiger partial charge is 0.271 e. The Bertz CT molecular complexity index is 712. The first-order valence-electron chi connectivity index (χ1n) is 6.49. The summed E-state index contributed by atoms with van der Waals surface area (Å²) in [7, 11) is 1.54. The third-order valence-electron chi connectivity index (χ3n) is 3.03. The van der Waals surface area contributed by atoms with Gasteiger partial charge >= 0.3 is 0 Å². The third-order valence-corrected chi connectivity index (χ3v) is 3.55. The van der Waals surface area contributed by atoms with Gasteiger partial charge in [-0.3, -0.25) is 4.79 Å². The molecule has 0 bridgehead atoms. The lowest BCUT2D eigenvalue weighted by Gasteiger charge is -2.07. The van der Waals surface area contributed by atoms with Crippen molar-refractivity contribution in [2.24, 2.45) is 5.10 Å². The average molecular weight is 363 g/mol. The number of phenolic OH excluding ortho intramolecular Hbond substituents is 1. The molecule has 2 aromatic rings. The molecule has 0 saturated heterocycles. The van der Waals surface area contributed by atoms with Crippen LogP contribution in [-0.2, 0) is 0 Å². The summed E-state index contributed by atoms with van der Waals surface area (Å²) in [6.45, 7) is 1.69. The molecule has 2 rings (SSSR count). The quantitative estimate of drug-likeness (QED) is 0.647. The highest BCUT2D eigenvalue weighted by Crippen LogP contribution is 2.23. The Kier molecular flexibility index (Phi) is 5.16. The number of amides is 1. The van der Waals surface area contributed by atoms with Gasteiger partial charge in [0.15, 0.2) is 0 Å². The second kappa shape index (κ2) is 7.09. The van der Waals surface area contributed by atoms with Gasteiger partial charge in [-0.25, -0.2) is 5.43 Å². The molecule has 0 radical (unpaired) electrons. The van der Waals surface area contributed by atoms with Crippen LogP contribution in [0.5, 0.6) is 11.5 Å². The van der Waals surface area contributed by atoms with E-state index >= 15 is 0 Å². The van der Waals surface area contributed by atoms with E-state index in [1.54, 1.807) is 43.3 Å². The zero-order valence-electron chi connectivity index (χ0n) is 12.1. The molecule has 0 aliphatic heterocycles. The van der Waals surface area contributed by atoms with Crippen molar-refractivity contribution in [1.29, 1.82) is 0 Å². The first-order valence-corrected chi connectivity index (χ1v) is 7.28. The maximum Gasteiger partial charge on any atom is 0.271 e. The minimum absolute atomic E-state index is 0.0694. The molecule has 0 aliphatic carbocycles. The van der Waals surface area contributed by atoms with Gasteiger partial charge in [0.1, 0.15) is 11.5 Å². The van der Waals surface area contributed by atoms with Crippen LogP contribution in [0.4, 0.5) is 0 Å². The number of aromatic hydroxyl groups is 1. The number of carbonyl (C=O) groups is 1. The van der Waals surface area contributed by atoms with Gasteiger partial charge in [-0.05, 0) is 49.4 Å². The number of ether oxygens (including phenoxy) is 1. The minimum atomic E-state index is -0.325. The van der Waals surface area contributed by atoms with E-state index in [1.165, 1.54) is 13.2 Å². The largest absolute Gasteiger partial charge is 0.507 e. The summed E-state index contributed by atoms with van der Waals surface area (Å²) in [4.78, 5) is 12.0.